The Hall–Kier alpha value is -4.02. The summed E-state index contributed by atoms with van der Waals surface area (Å²) in [5.41, 5.74) is 9.86. The van der Waals surface area contributed by atoms with E-state index in [0.29, 0.717) is 75.6 Å². The molecule has 1 unspecified atom stereocenters. The van der Waals surface area contributed by atoms with E-state index in [2.05, 4.69) is 54.8 Å². The number of anilines is 1. The Morgan fingerprint density at radius 3 is 2.00 bits per heavy atom. The van der Waals surface area contributed by atoms with Crippen LogP contribution in [0.5, 0.6) is 0 Å². The third kappa shape index (κ3) is 16.4. The van der Waals surface area contributed by atoms with Crippen LogP contribution in [0.15, 0.2) is 83.7 Å². The maximum absolute atomic E-state index is 12.5. The molecule has 13 heteroatoms. The number of halogens is 3. The fourth-order valence-corrected chi connectivity index (χ4v) is 6.79. The van der Waals surface area contributed by atoms with Crippen molar-refractivity contribution in [1.29, 1.82) is 0 Å². The van der Waals surface area contributed by atoms with E-state index in [4.69, 9.17) is 33.7 Å². The first kappa shape index (κ1) is 47.4. The molecule has 2 amide bonds. The Labute approximate surface area is 356 Å². The van der Waals surface area contributed by atoms with Crippen LogP contribution in [0, 0.1) is 11.8 Å². The molecular formula is C44H55BrCl2N6O4. The van der Waals surface area contributed by atoms with Crippen molar-refractivity contribution in [3.63, 3.8) is 0 Å². The Kier molecular flexibility index (Phi) is 21.7. The Morgan fingerprint density at radius 2 is 1.40 bits per heavy atom. The van der Waals surface area contributed by atoms with Crippen molar-refractivity contribution in [2.75, 3.05) is 58.2 Å². The summed E-state index contributed by atoms with van der Waals surface area (Å²) in [5, 5.41) is 11.6. The zero-order chi connectivity index (χ0) is 41.6. The molecule has 4 rings (SSSR count). The van der Waals surface area contributed by atoms with E-state index in [1.807, 2.05) is 45.9 Å². The van der Waals surface area contributed by atoms with Gasteiger partial charge in [0.05, 0.1) is 21.8 Å². The molecule has 1 atom stereocenters. The molecule has 2 aromatic carbocycles. The first-order valence-electron chi connectivity index (χ1n) is 19.4. The Balaban J connectivity index is 0.000000522. The number of benzene rings is 2. The largest absolute Gasteiger partial charge is 0.396 e. The highest BCUT2D eigenvalue weighted by atomic mass is 79.9. The zero-order valence-electron chi connectivity index (χ0n) is 33.4. The van der Waals surface area contributed by atoms with Crippen LogP contribution in [-0.4, -0.2) is 94.1 Å². The fourth-order valence-electron chi connectivity index (χ4n) is 5.92. The van der Waals surface area contributed by atoms with Gasteiger partial charge in [-0.3, -0.25) is 14.5 Å². The van der Waals surface area contributed by atoms with Crippen molar-refractivity contribution >= 4 is 56.6 Å². The van der Waals surface area contributed by atoms with Crippen molar-refractivity contribution in [3.05, 3.63) is 122 Å². The van der Waals surface area contributed by atoms with Gasteiger partial charge in [-0.2, -0.15) is 0 Å². The molecule has 2 heterocycles. The van der Waals surface area contributed by atoms with Gasteiger partial charge in [-0.25, -0.2) is 9.97 Å². The van der Waals surface area contributed by atoms with Crippen LogP contribution in [0.3, 0.4) is 0 Å². The van der Waals surface area contributed by atoms with Gasteiger partial charge in [0.1, 0.15) is 16.9 Å². The summed E-state index contributed by atoms with van der Waals surface area (Å²) in [5.74, 6) is 6.03. The first-order valence-corrected chi connectivity index (χ1v) is 21.0. The van der Waals surface area contributed by atoms with Gasteiger partial charge in [0.25, 0.3) is 11.8 Å². The second kappa shape index (κ2) is 26.1. The smallest absolute Gasteiger partial charge is 0.253 e. The SMILES string of the molecule is CCN(CC)C(=O)c1ccnc(Br)c1.CCN(CC)C(=O)c1ccnc(C#CCOCCCCCCN(Cc2ccccc2)CC(O)c2cc(Cl)c(N)c(Cl)c2)c1. The number of aliphatic hydroxyl groups excluding tert-OH is 1. The number of carbonyl (C=O) groups excluding carboxylic acids is 2. The molecule has 0 saturated carbocycles. The molecule has 4 aromatic rings. The first-order chi connectivity index (χ1) is 27.5. The molecule has 306 valence electrons. The minimum absolute atomic E-state index is 0.0114. The molecule has 0 bridgehead atoms. The molecular weight excluding hydrogens is 827 g/mol. The van der Waals surface area contributed by atoms with E-state index >= 15 is 0 Å². The van der Waals surface area contributed by atoms with Gasteiger partial charge in [-0.15, -0.1) is 0 Å². The number of rotatable bonds is 19. The predicted octanol–water partition coefficient (Wildman–Crippen LogP) is 8.94. The summed E-state index contributed by atoms with van der Waals surface area (Å²) in [6, 6.07) is 20.5. The van der Waals surface area contributed by atoms with Crippen molar-refractivity contribution in [3.8, 4) is 11.8 Å². The van der Waals surface area contributed by atoms with Gasteiger partial charge in [-0.1, -0.05) is 72.3 Å². The Morgan fingerprint density at radius 1 is 0.825 bits per heavy atom. The summed E-state index contributed by atoms with van der Waals surface area (Å²) in [6.07, 6.45) is 6.53. The summed E-state index contributed by atoms with van der Waals surface area (Å²) >= 11 is 15.6. The highest BCUT2D eigenvalue weighted by molar-refractivity contribution is 9.10. The molecule has 0 aliphatic heterocycles. The van der Waals surface area contributed by atoms with Crippen LogP contribution >= 0.6 is 39.1 Å². The maximum Gasteiger partial charge on any atom is 0.253 e. The second-order valence-electron chi connectivity index (χ2n) is 13.2. The number of nitrogens with zero attached hydrogens (tertiary/aromatic N) is 5. The van der Waals surface area contributed by atoms with Crippen molar-refractivity contribution < 1.29 is 19.4 Å². The van der Waals surface area contributed by atoms with Crippen LogP contribution in [0.1, 0.15) is 97.0 Å². The second-order valence-corrected chi connectivity index (χ2v) is 14.8. The molecule has 0 fully saturated rings. The Bertz CT molecular complexity index is 1880. The van der Waals surface area contributed by atoms with E-state index in [1.54, 1.807) is 58.6 Å². The van der Waals surface area contributed by atoms with Gasteiger partial charge in [0.2, 0.25) is 0 Å². The molecule has 10 nitrogen and oxygen atoms in total. The van der Waals surface area contributed by atoms with Gasteiger partial charge in [-0.05, 0) is 116 Å². The summed E-state index contributed by atoms with van der Waals surface area (Å²) < 4.78 is 6.38. The lowest BCUT2D eigenvalue weighted by molar-refractivity contribution is 0.0765. The van der Waals surface area contributed by atoms with E-state index in [9.17, 15) is 14.7 Å². The lowest BCUT2D eigenvalue weighted by Crippen LogP contribution is -2.30. The van der Waals surface area contributed by atoms with Crippen LogP contribution in [0.2, 0.25) is 10.0 Å². The van der Waals surface area contributed by atoms with Crippen molar-refractivity contribution in [2.45, 2.75) is 66.0 Å². The number of nitrogen functional groups attached to an aromatic ring is 1. The number of carbonyl (C=O) groups is 2. The maximum atomic E-state index is 12.5. The monoisotopic (exact) mass is 880 g/mol. The van der Waals surface area contributed by atoms with E-state index in [-0.39, 0.29) is 11.8 Å². The van der Waals surface area contributed by atoms with E-state index in [0.717, 1.165) is 51.9 Å². The molecule has 57 heavy (non-hydrogen) atoms. The quantitative estimate of drug-likeness (QED) is 0.0414. The number of nitrogens with two attached hydrogens (primary N) is 1. The standard InChI is InChI=1S/C34H42Cl2N4O3.C10H13BrN2O/c1-3-40(4-2)34(42)27-16-17-38-29(21-27)15-12-20-43-19-11-6-5-10-18-39(24-26-13-8-7-9-14-26)25-32(41)28-22-30(35)33(37)31(36)23-28;1-3-13(4-2)10(14)8-5-6-12-9(11)7-8/h7-9,13-14,16-17,21-23,32,41H,3-6,10-11,18-20,24-25,37H2,1-2H3;5-7H,3-4H2,1-2H3. The molecule has 2 aromatic heterocycles. The minimum atomic E-state index is -0.741. The molecule has 0 radical (unpaired) electrons. The number of aromatic nitrogens is 2. The lowest BCUT2D eigenvalue weighted by Gasteiger charge is -2.26. The lowest BCUT2D eigenvalue weighted by atomic mass is 10.1. The highest BCUT2D eigenvalue weighted by Crippen LogP contribution is 2.31. The van der Waals surface area contributed by atoms with E-state index < -0.39 is 6.10 Å². The number of pyridine rings is 2. The topological polar surface area (TPSA) is 125 Å². The van der Waals surface area contributed by atoms with Crippen LogP contribution in [0.4, 0.5) is 5.69 Å². The van der Waals surface area contributed by atoms with Gasteiger partial charge in [0.15, 0.2) is 0 Å². The number of amides is 2. The molecule has 0 spiro atoms. The zero-order valence-corrected chi connectivity index (χ0v) is 36.5. The minimum Gasteiger partial charge on any atom is -0.396 e. The number of unbranched alkanes of at least 4 members (excludes halogenated alkanes) is 3. The summed E-state index contributed by atoms with van der Waals surface area (Å²) in [7, 11) is 0. The van der Waals surface area contributed by atoms with Gasteiger partial charge in [0, 0.05) is 69.4 Å². The van der Waals surface area contributed by atoms with E-state index in [1.165, 1.54) is 5.56 Å². The highest BCUT2D eigenvalue weighted by Gasteiger charge is 2.17. The van der Waals surface area contributed by atoms with Gasteiger partial charge >= 0.3 is 0 Å². The normalized spacial score (nSPS) is 11.2. The molecule has 0 aliphatic carbocycles. The third-order valence-corrected chi connectivity index (χ3v) is 10.2. The summed E-state index contributed by atoms with van der Waals surface area (Å²) in [6.45, 7) is 13.6. The van der Waals surface area contributed by atoms with Crippen molar-refractivity contribution in [2.24, 2.45) is 0 Å². The van der Waals surface area contributed by atoms with Crippen LogP contribution < -0.4 is 5.73 Å². The summed E-state index contributed by atoms with van der Waals surface area (Å²) in [4.78, 5) is 38.4. The van der Waals surface area contributed by atoms with Crippen LogP contribution in [0.25, 0.3) is 0 Å². The molecule has 3 N–H and O–H groups in total. The van der Waals surface area contributed by atoms with Crippen molar-refractivity contribution in [1.82, 2.24) is 24.7 Å². The number of hydrogen-bond donors (Lipinski definition) is 2. The molecule has 0 saturated heterocycles. The molecule has 0 aliphatic rings. The third-order valence-electron chi connectivity index (χ3n) is 9.15. The predicted molar refractivity (Wildman–Crippen MR) is 234 cm³/mol. The van der Waals surface area contributed by atoms with Gasteiger partial charge < -0.3 is 25.4 Å². The number of ether oxygens (including phenoxy) is 1. The average Bonchev–Trinajstić information content (AvgIpc) is 3.21. The average molecular weight is 883 g/mol. The van der Waals surface area contributed by atoms with Crippen LogP contribution in [-0.2, 0) is 11.3 Å². The number of aliphatic hydroxyl groups is 1. The fraction of sp³-hybridized carbons (Fsp3) is 0.409. The number of hydrogen-bond acceptors (Lipinski definition) is 8.